The molecular formula is C24H35O4P. The number of aromatic hydroxyl groups is 1. The Morgan fingerprint density at radius 1 is 0.724 bits per heavy atom. The van der Waals surface area contributed by atoms with E-state index in [0.29, 0.717) is 11.3 Å². The van der Waals surface area contributed by atoms with Crippen LogP contribution in [-0.2, 0) is 10.8 Å². The Kier molecular flexibility index (Phi) is 6.45. The molecule has 3 N–H and O–H groups in total. The quantitative estimate of drug-likeness (QED) is 0.499. The van der Waals surface area contributed by atoms with Crippen LogP contribution in [0.25, 0.3) is 11.1 Å². The van der Waals surface area contributed by atoms with E-state index < -0.39 is 8.60 Å². The highest BCUT2D eigenvalue weighted by Crippen LogP contribution is 2.51. The van der Waals surface area contributed by atoms with Gasteiger partial charge in [-0.05, 0) is 60.8 Å². The van der Waals surface area contributed by atoms with Crippen molar-refractivity contribution in [3.63, 3.8) is 0 Å². The fourth-order valence-corrected chi connectivity index (χ4v) is 4.06. The van der Waals surface area contributed by atoms with Gasteiger partial charge in [0.1, 0.15) is 11.5 Å². The lowest BCUT2D eigenvalue weighted by molar-refractivity contribution is 0.370. The Bertz CT molecular complexity index is 932. The van der Waals surface area contributed by atoms with Crippen LogP contribution in [0.2, 0.25) is 0 Å². The standard InChI is InChI=1S/C24H35O4P/c1-13-11-17(23(5,6)7)21(25)19(15(13)3)20-16(4)14(2)12-18(24(8,9)10)22(20)28-29(26)27/h11-12,25-27H,1-10H3. The predicted octanol–water partition coefficient (Wildman–Crippen LogP) is 6.48. The van der Waals surface area contributed by atoms with Crippen LogP contribution >= 0.6 is 8.60 Å². The minimum Gasteiger partial charge on any atom is -0.507 e. The van der Waals surface area contributed by atoms with Crippen molar-refractivity contribution in [2.75, 3.05) is 0 Å². The largest absolute Gasteiger partial charge is 0.507 e. The molecule has 0 aromatic heterocycles. The number of aryl methyl sites for hydroxylation is 2. The lowest BCUT2D eigenvalue weighted by atomic mass is 9.78. The van der Waals surface area contributed by atoms with Crippen molar-refractivity contribution in [2.24, 2.45) is 0 Å². The van der Waals surface area contributed by atoms with E-state index in [1.165, 1.54) is 0 Å². The van der Waals surface area contributed by atoms with E-state index in [0.717, 1.165) is 38.9 Å². The van der Waals surface area contributed by atoms with Crippen molar-refractivity contribution in [1.82, 2.24) is 0 Å². The molecule has 2 aromatic rings. The van der Waals surface area contributed by atoms with Gasteiger partial charge in [-0.15, -0.1) is 0 Å². The third-order valence-corrected chi connectivity index (χ3v) is 6.00. The van der Waals surface area contributed by atoms with Crippen LogP contribution in [0.3, 0.4) is 0 Å². The van der Waals surface area contributed by atoms with Gasteiger partial charge in [0.15, 0.2) is 0 Å². The maximum Gasteiger partial charge on any atom is 0.391 e. The molecule has 0 saturated carbocycles. The van der Waals surface area contributed by atoms with Crippen molar-refractivity contribution >= 4 is 8.60 Å². The summed E-state index contributed by atoms with van der Waals surface area (Å²) in [5, 5.41) is 11.4. The molecular weight excluding hydrogens is 383 g/mol. The van der Waals surface area contributed by atoms with Gasteiger partial charge in [-0.1, -0.05) is 53.7 Å². The lowest BCUT2D eigenvalue weighted by Gasteiger charge is -2.30. The normalized spacial score (nSPS) is 12.6. The molecule has 0 radical (unpaired) electrons. The summed E-state index contributed by atoms with van der Waals surface area (Å²) in [7, 11) is -2.61. The topological polar surface area (TPSA) is 69.9 Å². The second-order valence-electron chi connectivity index (χ2n) is 10.0. The molecule has 0 aliphatic heterocycles. The number of hydrogen-bond donors (Lipinski definition) is 3. The Morgan fingerprint density at radius 2 is 1.14 bits per heavy atom. The Labute approximate surface area is 176 Å². The summed E-state index contributed by atoms with van der Waals surface area (Å²) in [5.74, 6) is 0.653. The maximum absolute atomic E-state index is 11.4. The monoisotopic (exact) mass is 418 g/mol. The zero-order valence-electron chi connectivity index (χ0n) is 19.4. The number of benzene rings is 2. The molecule has 2 rings (SSSR count). The average Bonchev–Trinajstić information content (AvgIpc) is 2.54. The van der Waals surface area contributed by atoms with Gasteiger partial charge >= 0.3 is 8.60 Å². The van der Waals surface area contributed by atoms with Crippen molar-refractivity contribution in [2.45, 2.75) is 80.1 Å². The van der Waals surface area contributed by atoms with Gasteiger partial charge in [0.25, 0.3) is 0 Å². The molecule has 0 atom stereocenters. The van der Waals surface area contributed by atoms with Gasteiger partial charge in [-0.25, -0.2) is 0 Å². The summed E-state index contributed by atoms with van der Waals surface area (Å²) in [6.45, 7) is 20.4. The van der Waals surface area contributed by atoms with Crippen LogP contribution in [0.4, 0.5) is 0 Å². The highest BCUT2D eigenvalue weighted by atomic mass is 31.2. The average molecular weight is 419 g/mol. The minimum atomic E-state index is -2.61. The number of phenols is 1. The van der Waals surface area contributed by atoms with Crippen LogP contribution < -0.4 is 4.52 Å². The van der Waals surface area contributed by atoms with E-state index in [2.05, 4.69) is 41.5 Å². The molecule has 2 aromatic carbocycles. The first kappa shape index (κ1) is 23.7. The van der Waals surface area contributed by atoms with Gasteiger partial charge in [0.2, 0.25) is 0 Å². The fourth-order valence-electron chi connectivity index (χ4n) is 3.71. The maximum atomic E-state index is 11.4. The molecule has 29 heavy (non-hydrogen) atoms. The van der Waals surface area contributed by atoms with Crippen molar-refractivity contribution in [3.8, 4) is 22.6 Å². The fraction of sp³-hybridized carbons (Fsp3) is 0.500. The second kappa shape index (κ2) is 7.91. The number of hydrogen-bond acceptors (Lipinski definition) is 4. The molecule has 0 aliphatic rings. The smallest absolute Gasteiger partial charge is 0.391 e. The van der Waals surface area contributed by atoms with Crippen LogP contribution in [-0.4, -0.2) is 14.9 Å². The van der Waals surface area contributed by atoms with Crippen LogP contribution in [0, 0.1) is 27.7 Å². The Morgan fingerprint density at radius 3 is 1.55 bits per heavy atom. The van der Waals surface area contributed by atoms with Gasteiger partial charge in [-0.2, -0.15) is 0 Å². The SMILES string of the molecule is Cc1cc(C(C)(C)C)c(O)c(-c2c(C)c(C)cc(C(C)(C)C)c2OP(O)O)c1C. The zero-order valence-corrected chi connectivity index (χ0v) is 20.2. The summed E-state index contributed by atoms with van der Waals surface area (Å²) in [5.41, 5.74) is 6.68. The molecule has 160 valence electrons. The van der Waals surface area contributed by atoms with Crippen molar-refractivity contribution in [1.29, 1.82) is 0 Å². The van der Waals surface area contributed by atoms with Gasteiger partial charge < -0.3 is 19.4 Å². The molecule has 0 aliphatic carbocycles. The molecule has 0 heterocycles. The van der Waals surface area contributed by atoms with Crippen LogP contribution in [0.1, 0.15) is 74.9 Å². The lowest BCUT2D eigenvalue weighted by Crippen LogP contribution is -2.16. The van der Waals surface area contributed by atoms with E-state index in [1.807, 2.05) is 39.8 Å². The Balaban J connectivity index is 3.10. The van der Waals surface area contributed by atoms with Crippen molar-refractivity contribution in [3.05, 3.63) is 45.5 Å². The molecule has 0 saturated heterocycles. The first-order valence-corrected chi connectivity index (χ1v) is 11.1. The van der Waals surface area contributed by atoms with E-state index >= 15 is 0 Å². The molecule has 0 amide bonds. The molecule has 4 nitrogen and oxygen atoms in total. The van der Waals surface area contributed by atoms with Crippen LogP contribution in [0.5, 0.6) is 11.5 Å². The van der Waals surface area contributed by atoms with E-state index in [1.54, 1.807) is 0 Å². The Hall–Kier alpha value is -1.61. The van der Waals surface area contributed by atoms with Gasteiger partial charge in [0, 0.05) is 22.3 Å². The molecule has 0 unspecified atom stereocenters. The first-order valence-electron chi connectivity index (χ1n) is 9.92. The second-order valence-corrected chi connectivity index (χ2v) is 10.7. The van der Waals surface area contributed by atoms with E-state index in [-0.39, 0.29) is 16.6 Å². The summed E-state index contributed by atoms with van der Waals surface area (Å²) in [6.07, 6.45) is 0. The molecule has 0 bridgehead atoms. The van der Waals surface area contributed by atoms with Gasteiger partial charge in [0.05, 0.1) is 0 Å². The number of rotatable bonds is 3. The number of phenolic OH excluding ortho intramolecular Hbond substituents is 1. The third-order valence-electron chi connectivity index (χ3n) is 5.66. The summed E-state index contributed by atoms with van der Waals surface area (Å²) < 4.78 is 5.63. The van der Waals surface area contributed by atoms with E-state index in [9.17, 15) is 14.9 Å². The zero-order chi connectivity index (χ0) is 22.5. The summed E-state index contributed by atoms with van der Waals surface area (Å²) in [4.78, 5) is 19.5. The van der Waals surface area contributed by atoms with E-state index in [4.69, 9.17) is 4.52 Å². The third kappa shape index (κ3) is 4.60. The van der Waals surface area contributed by atoms with Crippen molar-refractivity contribution < 1.29 is 19.4 Å². The predicted molar refractivity (Wildman–Crippen MR) is 122 cm³/mol. The highest BCUT2D eigenvalue weighted by molar-refractivity contribution is 7.39. The highest BCUT2D eigenvalue weighted by Gasteiger charge is 2.31. The van der Waals surface area contributed by atoms with Gasteiger partial charge in [-0.3, -0.25) is 0 Å². The van der Waals surface area contributed by atoms with Crippen LogP contribution in [0.15, 0.2) is 12.1 Å². The summed E-state index contributed by atoms with van der Waals surface area (Å²) >= 11 is 0. The molecule has 0 fully saturated rings. The molecule has 5 heteroatoms. The summed E-state index contributed by atoms with van der Waals surface area (Å²) in [6, 6.07) is 4.08. The first-order chi connectivity index (χ1) is 13.1. The minimum absolute atomic E-state index is 0.221. The molecule has 0 spiro atoms.